The summed E-state index contributed by atoms with van der Waals surface area (Å²) in [5.74, 6) is 0. The highest BCUT2D eigenvalue weighted by Crippen LogP contribution is 2.57. The second-order valence-corrected chi connectivity index (χ2v) is 12.5. The van der Waals surface area contributed by atoms with Crippen LogP contribution in [-0.2, 0) is 0 Å². The van der Waals surface area contributed by atoms with E-state index in [2.05, 4.69) is 181 Å². The fourth-order valence-electron chi connectivity index (χ4n) is 7.92. The molecular formula is C46H29N. The van der Waals surface area contributed by atoms with Crippen LogP contribution in [0, 0.1) is 0 Å². The van der Waals surface area contributed by atoms with Crippen LogP contribution in [0.3, 0.4) is 0 Å². The van der Waals surface area contributed by atoms with Gasteiger partial charge in [-0.2, -0.15) is 0 Å². The molecule has 0 unspecified atom stereocenters. The minimum absolute atomic E-state index is 1.13. The molecule has 0 saturated heterocycles. The monoisotopic (exact) mass is 595 g/mol. The van der Waals surface area contributed by atoms with Crippen LogP contribution in [-0.4, -0.2) is 0 Å². The fourth-order valence-corrected chi connectivity index (χ4v) is 7.92. The number of rotatable bonds is 4. The van der Waals surface area contributed by atoms with E-state index in [0.29, 0.717) is 0 Å². The quantitative estimate of drug-likeness (QED) is 0.196. The zero-order chi connectivity index (χ0) is 30.9. The highest BCUT2D eigenvalue weighted by molar-refractivity contribution is 6.15. The number of hydrogen-bond donors (Lipinski definition) is 0. The van der Waals surface area contributed by atoms with Crippen LogP contribution in [0.5, 0.6) is 0 Å². The van der Waals surface area contributed by atoms with E-state index in [9.17, 15) is 0 Å². The molecule has 0 amide bonds. The van der Waals surface area contributed by atoms with E-state index < -0.39 is 0 Å². The summed E-state index contributed by atoms with van der Waals surface area (Å²) in [5.41, 5.74) is 18.9. The van der Waals surface area contributed by atoms with Crippen molar-refractivity contribution in [1.29, 1.82) is 0 Å². The van der Waals surface area contributed by atoms with Gasteiger partial charge in [-0.25, -0.2) is 0 Å². The van der Waals surface area contributed by atoms with Gasteiger partial charge in [0, 0.05) is 17.1 Å². The fraction of sp³-hybridized carbons (Fsp3) is 0. The molecule has 0 heterocycles. The predicted octanol–water partition coefficient (Wildman–Crippen LogP) is 12.9. The van der Waals surface area contributed by atoms with Gasteiger partial charge in [-0.05, 0) is 114 Å². The van der Waals surface area contributed by atoms with Gasteiger partial charge in [-0.3, -0.25) is 0 Å². The van der Waals surface area contributed by atoms with Crippen molar-refractivity contribution in [2.75, 3.05) is 4.90 Å². The van der Waals surface area contributed by atoms with Gasteiger partial charge in [0.1, 0.15) is 0 Å². The van der Waals surface area contributed by atoms with E-state index in [1.54, 1.807) is 0 Å². The van der Waals surface area contributed by atoms with Gasteiger partial charge in [0.25, 0.3) is 0 Å². The number of hydrogen-bond acceptors (Lipinski definition) is 1. The first-order valence-electron chi connectivity index (χ1n) is 16.3. The topological polar surface area (TPSA) is 3.24 Å². The molecule has 47 heavy (non-hydrogen) atoms. The highest BCUT2D eigenvalue weighted by Gasteiger charge is 2.31. The minimum Gasteiger partial charge on any atom is -0.310 e. The van der Waals surface area contributed by atoms with Gasteiger partial charge < -0.3 is 4.90 Å². The summed E-state index contributed by atoms with van der Waals surface area (Å²) in [4.78, 5) is 2.39. The Morgan fingerprint density at radius 3 is 1.53 bits per heavy atom. The van der Waals surface area contributed by atoms with Crippen LogP contribution in [0.25, 0.3) is 77.5 Å². The van der Waals surface area contributed by atoms with Crippen molar-refractivity contribution in [3.05, 3.63) is 176 Å². The highest BCUT2D eigenvalue weighted by atomic mass is 15.1. The Bertz CT molecular complexity index is 2480. The van der Waals surface area contributed by atoms with Crippen LogP contribution in [0.4, 0.5) is 17.1 Å². The van der Waals surface area contributed by atoms with Crippen molar-refractivity contribution in [2.45, 2.75) is 0 Å². The van der Waals surface area contributed by atoms with Gasteiger partial charge >= 0.3 is 0 Å². The average Bonchev–Trinajstić information content (AvgIpc) is 3.25. The Labute approximate surface area is 274 Å². The molecule has 0 N–H and O–H groups in total. The van der Waals surface area contributed by atoms with Gasteiger partial charge in [0.15, 0.2) is 0 Å². The molecule has 0 aliphatic heterocycles. The van der Waals surface area contributed by atoms with E-state index in [0.717, 1.165) is 17.1 Å². The molecule has 0 aromatic heterocycles. The van der Waals surface area contributed by atoms with Gasteiger partial charge in [0.2, 0.25) is 0 Å². The standard InChI is InChI=1S/C46H29N/c1-2-13-32(14-3-1)47(33-25-23-31(24-26-33)36-18-8-12-30-11-4-5-15-35(30)36)34-27-28-38-41-20-10-21-42-43-22-9-19-40(46(43)44(38)29-34)37-16-6-7-17-39(37)45(41)42/h1-29H. The lowest BCUT2D eigenvalue weighted by Crippen LogP contribution is -2.10. The van der Waals surface area contributed by atoms with E-state index in [1.807, 2.05) is 0 Å². The first kappa shape index (κ1) is 26.1. The average molecular weight is 596 g/mol. The summed E-state index contributed by atoms with van der Waals surface area (Å²) in [6, 6.07) is 64.5. The molecular weight excluding hydrogens is 567 g/mol. The molecule has 2 aliphatic rings. The maximum atomic E-state index is 2.41. The molecule has 6 bridgehead atoms. The molecule has 8 aromatic rings. The van der Waals surface area contributed by atoms with Crippen molar-refractivity contribution in [3.8, 4) is 66.8 Å². The normalized spacial score (nSPS) is 11.8. The second-order valence-electron chi connectivity index (χ2n) is 12.5. The van der Waals surface area contributed by atoms with Crippen LogP contribution in [0.2, 0.25) is 0 Å². The molecule has 218 valence electrons. The zero-order valence-corrected chi connectivity index (χ0v) is 25.7. The van der Waals surface area contributed by atoms with Crippen molar-refractivity contribution >= 4 is 27.8 Å². The second kappa shape index (κ2) is 10.2. The number of para-hydroxylation sites is 1. The van der Waals surface area contributed by atoms with E-state index in [-0.39, 0.29) is 0 Å². The summed E-state index contributed by atoms with van der Waals surface area (Å²) in [6.45, 7) is 0. The van der Waals surface area contributed by atoms with Crippen molar-refractivity contribution < 1.29 is 0 Å². The van der Waals surface area contributed by atoms with Crippen molar-refractivity contribution in [3.63, 3.8) is 0 Å². The molecule has 8 aromatic carbocycles. The molecule has 0 radical (unpaired) electrons. The summed E-state index contributed by atoms with van der Waals surface area (Å²) < 4.78 is 0. The van der Waals surface area contributed by atoms with Crippen LogP contribution >= 0.6 is 0 Å². The molecule has 0 spiro atoms. The van der Waals surface area contributed by atoms with Crippen LogP contribution in [0.15, 0.2) is 176 Å². The summed E-state index contributed by atoms with van der Waals surface area (Å²) in [5, 5.41) is 2.53. The van der Waals surface area contributed by atoms with Gasteiger partial charge in [-0.1, -0.05) is 140 Å². The maximum absolute atomic E-state index is 2.41. The predicted molar refractivity (Wildman–Crippen MR) is 198 cm³/mol. The summed E-state index contributed by atoms with van der Waals surface area (Å²) in [6.07, 6.45) is 0. The lowest BCUT2D eigenvalue weighted by Gasteiger charge is -2.28. The van der Waals surface area contributed by atoms with Crippen molar-refractivity contribution in [1.82, 2.24) is 0 Å². The lowest BCUT2D eigenvalue weighted by atomic mass is 9.83. The Hall–Kier alpha value is -6.18. The number of anilines is 3. The molecule has 1 heteroatoms. The largest absolute Gasteiger partial charge is 0.310 e. The Kier molecular flexibility index (Phi) is 5.64. The molecule has 0 atom stereocenters. The molecule has 0 saturated carbocycles. The Morgan fingerprint density at radius 2 is 0.766 bits per heavy atom. The number of benzene rings is 8. The van der Waals surface area contributed by atoms with E-state index >= 15 is 0 Å². The Morgan fingerprint density at radius 1 is 0.277 bits per heavy atom. The van der Waals surface area contributed by atoms with Crippen LogP contribution < -0.4 is 4.90 Å². The van der Waals surface area contributed by atoms with Gasteiger partial charge in [-0.15, -0.1) is 0 Å². The van der Waals surface area contributed by atoms with E-state index in [4.69, 9.17) is 0 Å². The van der Waals surface area contributed by atoms with Gasteiger partial charge in [0.05, 0.1) is 0 Å². The van der Waals surface area contributed by atoms with Crippen LogP contribution in [0.1, 0.15) is 0 Å². The summed E-state index contributed by atoms with van der Waals surface area (Å²) >= 11 is 0. The molecule has 10 rings (SSSR count). The van der Waals surface area contributed by atoms with E-state index in [1.165, 1.54) is 77.5 Å². The van der Waals surface area contributed by atoms with Crippen molar-refractivity contribution in [2.24, 2.45) is 0 Å². The first-order chi connectivity index (χ1) is 23.3. The molecule has 0 fully saturated rings. The zero-order valence-electron chi connectivity index (χ0n) is 25.7. The third kappa shape index (κ3) is 3.90. The summed E-state index contributed by atoms with van der Waals surface area (Å²) in [7, 11) is 0. The third-order valence-corrected chi connectivity index (χ3v) is 9.97. The molecule has 1 nitrogen and oxygen atoms in total. The third-order valence-electron chi connectivity index (χ3n) is 9.97. The smallest absolute Gasteiger partial charge is 0.0468 e. The molecule has 2 aliphatic carbocycles. The first-order valence-corrected chi connectivity index (χ1v) is 16.3. The lowest BCUT2D eigenvalue weighted by molar-refractivity contribution is 1.28. The SMILES string of the molecule is c1ccc(N(c2ccc(-c3cccc4ccccc34)cc2)c2ccc3c(c2)-c2c4cccc2-c2cccc-3c2-c2ccccc2-4)cc1. The minimum atomic E-state index is 1.13. The number of fused-ring (bicyclic) bond motifs is 5. The Balaban J connectivity index is 1.17. The maximum Gasteiger partial charge on any atom is 0.0468 e. The number of nitrogens with zero attached hydrogens (tertiary/aromatic N) is 1.